The fourth-order valence-electron chi connectivity index (χ4n) is 1.85. The molecule has 112 valence electrons. The Labute approximate surface area is 126 Å². The van der Waals surface area contributed by atoms with Crippen molar-refractivity contribution in [3.8, 4) is 0 Å². The number of carbonyl (C=O) groups is 3. The number of carbonyl (C=O) groups excluding carboxylic acids is 3. The lowest BCUT2D eigenvalue weighted by Gasteiger charge is -2.14. The van der Waals surface area contributed by atoms with E-state index < -0.39 is 5.97 Å². The molecule has 2 rings (SSSR count). The standard InChI is InChI=1S/C14H16N2O4S/c1-20-14(19)11-4-2-10(3-5-11)6-15-12(17)7-16-9-21-8-13(16)18/h2-5H,6-9H2,1H3,(H,15,17). The lowest BCUT2D eigenvalue weighted by molar-refractivity contribution is -0.132. The normalized spacial score (nSPS) is 14.1. The molecule has 1 aliphatic heterocycles. The van der Waals surface area contributed by atoms with Crippen LogP contribution in [0.5, 0.6) is 0 Å². The van der Waals surface area contributed by atoms with Crippen molar-refractivity contribution in [3.05, 3.63) is 35.4 Å². The topological polar surface area (TPSA) is 75.7 Å². The Morgan fingerprint density at radius 3 is 2.62 bits per heavy atom. The molecule has 1 N–H and O–H groups in total. The van der Waals surface area contributed by atoms with E-state index in [9.17, 15) is 14.4 Å². The molecule has 0 aliphatic carbocycles. The van der Waals surface area contributed by atoms with Gasteiger partial charge in [-0.25, -0.2) is 4.79 Å². The molecule has 1 heterocycles. The van der Waals surface area contributed by atoms with E-state index in [1.807, 2.05) is 0 Å². The number of nitrogens with zero attached hydrogens (tertiary/aromatic N) is 1. The van der Waals surface area contributed by atoms with E-state index in [-0.39, 0.29) is 18.4 Å². The molecule has 0 saturated carbocycles. The Hall–Kier alpha value is -2.02. The molecule has 7 heteroatoms. The molecule has 2 amide bonds. The minimum absolute atomic E-state index is 0.00224. The highest BCUT2D eigenvalue weighted by Crippen LogP contribution is 2.14. The van der Waals surface area contributed by atoms with Gasteiger partial charge in [-0.05, 0) is 17.7 Å². The van der Waals surface area contributed by atoms with Gasteiger partial charge < -0.3 is 15.0 Å². The average molecular weight is 308 g/mol. The van der Waals surface area contributed by atoms with Crippen LogP contribution >= 0.6 is 11.8 Å². The second kappa shape index (κ2) is 7.12. The van der Waals surface area contributed by atoms with Gasteiger partial charge >= 0.3 is 5.97 Å². The Kier molecular flexibility index (Phi) is 5.21. The summed E-state index contributed by atoms with van der Waals surface area (Å²) in [6.45, 7) is 0.446. The third kappa shape index (κ3) is 4.22. The number of hydrogen-bond acceptors (Lipinski definition) is 5. The molecule has 21 heavy (non-hydrogen) atoms. The van der Waals surface area contributed by atoms with Crippen molar-refractivity contribution in [2.45, 2.75) is 6.54 Å². The largest absolute Gasteiger partial charge is 0.465 e. The highest BCUT2D eigenvalue weighted by molar-refractivity contribution is 8.00. The highest BCUT2D eigenvalue weighted by Gasteiger charge is 2.22. The van der Waals surface area contributed by atoms with Crippen molar-refractivity contribution in [1.82, 2.24) is 10.2 Å². The Bertz CT molecular complexity index is 544. The van der Waals surface area contributed by atoms with Gasteiger partial charge in [0, 0.05) is 6.54 Å². The van der Waals surface area contributed by atoms with Gasteiger partial charge in [0.2, 0.25) is 11.8 Å². The summed E-state index contributed by atoms with van der Waals surface area (Å²) >= 11 is 1.51. The van der Waals surface area contributed by atoms with Gasteiger partial charge in [-0.2, -0.15) is 0 Å². The molecule has 1 saturated heterocycles. The number of benzene rings is 1. The average Bonchev–Trinajstić information content (AvgIpc) is 2.90. The van der Waals surface area contributed by atoms with Crippen LogP contribution in [-0.4, -0.2) is 48.0 Å². The molecular weight excluding hydrogens is 292 g/mol. The third-order valence-electron chi connectivity index (χ3n) is 3.02. The van der Waals surface area contributed by atoms with E-state index in [0.717, 1.165) is 5.56 Å². The summed E-state index contributed by atoms with van der Waals surface area (Å²) in [7, 11) is 1.33. The number of hydrogen-bond donors (Lipinski definition) is 1. The Morgan fingerprint density at radius 1 is 1.33 bits per heavy atom. The highest BCUT2D eigenvalue weighted by atomic mass is 32.2. The number of ether oxygens (including phenoxy) is 1. The number of esters is 1. The minimum atomic E-state index is -0.393. The molecule has 0 radical (unpaired) electrons. The van der Waals surface area contributed by atoms with Crippen molar-refractivity contribution < 1.29 is 19.1 Å². The molecular formula is C14H16N2O4S. The predicted molar refractivity (Wildman–Crippen MR) is 78.7 cm³/mol. The van der Waals surface area contributed by atoms with Crippen molar-refractivity contribution in [3.63, 3.8) is 0 Å². The van der Waals surface area contributed by atoms with Crippen molar-refractivity contribution >= 4 is 29.5 Å². The monoisotopic (exact) mass is 308 g/mol. The van der Waals surface area contributed by atoms with Gasteiger partial charge in [-0.3, -0.25) is 9.59 Å². The Morgan fingerprint density at radius 2 is 2.05 bits per heavy atom. The zero-order valence-electron chi connectivity index (χ0n) is 11.6. The lowest BCUT2D eigenvalue weighted by atomic mass is 10.1. The van der Waals surface area contributed by atoms with E-state index in [1.54, 1.807) is 24.3 Å². The molecule has 1 aromatic carbocycles. The van der Waals surface area contributed by atoms with Crippen LogP contribution in [0, 0.1) is 0 Å². The molecule has 0 aromatic heterocycles. The zero-order valence-corrected chi connectivity index (χ0v) is 12.4. The third-order valence-corrected chi connectivity index (χ3v) is 3.97. The summed E-state index contributed by atoms with van der Waals surface area (Å²) < 4.78 is 4.61. The van der Waals surface area contributed by atoms with E-state index in [0.29, 0.717) is 23.7 Å². The van der Waals surface area contributed by atoms with Crippen LogP contribution in [0.25, 0.3) is 0 Å². The summed E-state index contributed by atoms with van der Waals surface area (Å²) in [6, 6.07) is 6.80. The van der Waals surface area contributed by atoms with E-state index in [4.69, 9.17) is 0 Å². The van der Waals surface area contributed by atoms with Crippen LogP contribution in [0.2, 0.25) is 0 Å². The van der Waals surface area contributed by atoms with Gasteiger partial charge in [0.25, 0.3) is 0 Å². The van der Waals surface area contributed by atoms with E-state index in [1.165, 1.54) is 23.8 Å². The number of thioether (sulfide) groups is 1. The maximum absolute atomic E-state index is 11.8. The second-order valence-corrected chi connectivity index (χ2v) is 5.49. The smallest absolute Gasteiger partial charge is 0.337 e. The molecule has 1 fully saturated rings. The van der Waals surface area contributed by atoms with Gasteiger partial charge in [-0.15, -0.1) is 11.8 Å². The van der Waals surface area contributed by atoms with Crippen molar-refractivity contribution in [1.29, 1.82) is 0 Å². The van der Waals surface area contributed by atoms with Crippen LogP contribution in [0.3, 0.4) is 0 Å². The summed E-state index contributed by atoms with van der Waals surface area (Å²) in [5.74, 6) is 0.429. The van der Waals surface area contributed by atoms with Gasteiger partial charge in [0.15, 0.2) is 0 Å². The van der Waals surface area contributed by atoms with Crippen LogP contribution < -0.4 is 5.32 Å². The molecule has 0 atom stereocenters. The quantitative estimate of drug-likeness (QED) is 0.807. The van der Waals surface area contributed by atoms with E-state index in [2.05, 4.69) is 10.1 Å². The molecule has 0 spiro atoms. The molecule has 1 aromatic rings. The first-order valence-electron chi connectivity index (χ1n) is 6.39. The minimum Gasteiger partial charge on any atom is -0.465 e. The van der Waals surface area contributed by atoms with Crippen LogP contribution in [0.4, 0.5) is 0 Å². The van der Waals surface area contributed by atoms with Crippen molar-refractivity contribution in [2.24, 2.45) is 0 Å². The van der Waals surface area contributed by atoms with Crippen molar-refractivity contribution in [2.75, 3.05) is 25.3 Å². The summed E-state index contributed by atoms with van der Waals surface area (Å²) in [5.41, 5.74) is 1.34. The SMILES string of the molecule is COC(=O)c1ccc(CNC(=O)CN2CSCC2=O)cc1. The first kappa shape index (κ1) is 15.4. The molecule has 0 unspecified atom stereocenters. The number of methoxy groups -OCH3 is 1. The second-order valence-electron chi connectivity index (χ2n) is 4.53. The number of amides is 2. The van der Waals surface area contributed by atoms with Crippen LogP contribution in [0.1, 0.15) is 15.9 Å². The van der Waals surface area contributed by atoms with Gasteiger partial charge in [0.1, 0.15) is 6.54 Å². The summed E-state index contributed by atoms with van der Waals surface area (Å²) in [6.07, 6.45) is 0. The molecule has 1 aliphatic rings. The lowest BCUT2D eigenvalue weighted by Crippen LogP contribution is -2.37. The summed E-state index contributed by atoms with van der Waals surface area (Å²) in [5, 5.41) is 2.75. The summed E-state index contributed by atoms with van der Waals surface area (Å²) in [4.78, 5) is 36.0. The maximum Gasteiger partial charge on any atom is 0.337 e. The van der Waals surface area contributed by atoms with E-state index >= 15 is 0 Å². The van der Waals surface area contributed by atoms with Gasteiger partial charge in [0.05, 0.1) is 24.3 Å². The van der Waals surface area contributed by atoms with Crippen LogP contribution in [0.15, 0.2) is 24.3 Å². The molecule has 0 bridgehead atoms. The zero-order chi connectivity index (χ0) is 15.2. The maximum atomic E-state index is 11.8. The van der Waals surface area contributed by atoms with Gasteiger partial charge in [-0.1, -0.05) is 12.1 Å². The first-order valence-corrected chi connectivity index (χ1v) is 7.55. The fraction of sp³-hybridized carbons (Fsp3) is 0.357. The Balaban J connectivity index is 1.81. The number of rotatable bonds is 5. The molecule has 6 nitrogen and oxygen atoms in total. The van der Waals surface area contributed by atoms with Crippen LogP contribution in [-0.2, 0) is 20.9 Å². The fourth-order valence-corrected chi connectivity index (χ4v) is 2.75. The number of nitrogens with one attached hydrogen (secondary N) is 1. The first-order chi connectivity index (χ1) is 10.1. The predicted octanol–water partition coefficient (Wildman–Crippen LogP) is 0.622.